The van der Waals surface area contributed by atoms with Crippen LogP contribution in [0.4, 0.5) is 11.4 Å². The highest BCUT2D eigenvalue weighted by molar-refractivity contribution is 7.89. The number of fused-ring (bicyclic) bond motifs is 1. The van der Waals surface area contributed by atoms with Crippen molar-refractivity contribution in [3.8, 4) is 0 Å². The number of sulfonamides is 1. The molecule has 2 aromatic rings. The van der Waals surface area contributed by atoms with E-state index in [9.17, 15) is 18.0 Å². The SMILES string of the molecule is CN(C)S(=O)(=O)c1ccc(NC(=O)CCC2Cc3ccccc3NC2=O)cc1. The van der Waals surface area contributed by atoms with Gasteiger partial charge >= 0.3 is 0 Å². The molecule has 8 heteroatoms. The lowest BCUT2D eigenvalue weighted by Crippen LogP contribution is -2.30. The summed E-state index contributed by atoms with van der Waals surface area (Å²) in [6, 6.07) is 13.7. The lowest BCUT2D eigenvalue weighted by Gasteiger charge is -2.24. The second kappa shape index (κ2) is 8.12. The van der Waals surface area contributed by atoms with E-state index in [0.29, 0.717) is 18.5 Å². The van der Waals surface area contributed by atoms with E-state index in [0.717, 1.165) is 15.6 Å². The Bertz CT molecular complexity index is 985. The molecule has 1 unspecified atom stereocenters. The van der Waals surface area contributed by atoms with Gasteiger partial charge < -0.3 is 10.6 Å². The van der Waals surface area contributed by atoms with Crippen LogP contribution in [-0.4, -0.2) is 38.6 Å². The fourth-order valence-electron chi connectivity index (χ4n) is 3.10. The molecule has 1 aliphatic heterocycles. The molecule has 28 heavy (non-hydrogen) atoms. The quantitative estimate of drug-likeness (QED) is 0.777. The zero-order valence-corrected chi connectivity index (χ0v) is 16.6. The van der Waals surface area contributed by atoms with Crippen molar-refractivity contribution in [1.29, 1.82) is 0 Å². The number of anilines is 2. The van der Waals surface area contributed by atoms with Crippen LogP contribution in [0.15, 0.2) is 53.4 Å². The Labute approximate surface area is 164 Å². The number of hydrogen-bond donors (Lipinski definition) is 2. The normalized spacial score (nSPS) is 16.4. The largest absolute Gasteiger partial charge is 0.326 e. The van der Waals surface area contributed by atoms with E-state index in [2.05, 4.69) is 10.6 Å². The summed E-state index contributed by atoms with van der Waals surface area (Å²) in [6.07, 6.45) is 1.27. The molecule has 7 nitrogen and oxygen atoms in total. The molecule has 1 aliphatic rings. The number of para-hydroxylation sites is 1. The van der Waals surface area contributed by atoms with Crippen molar-refractivity contribution in [1.82, 2.24) is 4.31 Å². The highest BCUT2D eigenvalue weighted by atomic mass is 32.2. The molecular weight excluding hydrogens is 378 g/mol. The smallest absolute Gasteiger partial charge is 0.242 e. The van der Waals surface area contributed by atoms with Gasteiger partial charge in [0.25, 0.3) is 0 Å². The summed E-state index contributed by atoms with van der Waals surface area (Å²) in [5.74, 6) is -0.520. The Morgan fingerprint density at radius 2 is 1.82 bits per heavy atom. The first-order valence-electron chi connectivity index (χ1n) is 8.98. The average Bonchev–Trinajstić information content (AvgIpc) is 2.66. The summed E-state index contributed by atoms with van der Waals surface area (Å²) in [5.41, 5.74) is 2.42. The van der Waals surface area contributed by atoms with Crippen LogP contribution in [0.5, 0.6) is 0 Å². The predicted molar refractivity (Wildman–Crippen MR) is 107 cm³/mol. The van der Waals surface area contributed by atoms with Crippen LogP contribution >= 0.6 is 0 Å². The number of nitrogens with zero attached hydrogens (tertiary/aromatic N) is 1. The molecule has 148 valence electrons. The Hall–Kier alpha value is -2.71. The van der Waals surface area contributed by atoms with Gasteiger partial charge in [0.1, 0.15) is 0 Å². The number of amides is 2. The van der Waals surface area contributed by atoms with Gasteiger partial charge in [0.2, 0.25) is 21.8 Å². The second-order valence-corrected chi connectivity index (χ2v) is 9.10. The minimum Gasteiger partial charge on any atom is -0.326 e. The zero-order chi connectivity index (χ0) is 20.3. The maximum atomic E-state index is 12.2. The third kappa shape index (κ3) is 4.40. The molecular formula is C20H23N3O4S. The van der Waals surface area contributed by atoms with E-state index in [1.807, 2.05) is 24.3 Å². The Balaban J connectivity index is 1.56. The van der Waals surface area contributed by atoms with Crippen LogP contribution in [0, 0.1) is 5.92 Å². The monoisotopic (exact) mass is 401 g/mol. The topological polar surface area (TPSA) is 95.6 Å². The number of carbonyl (C=O) groups excluding carboxylic acids is 2. The van der Waals surface area contributed by atoms with Gasteiger partial charge in [0, 0.05) is 37.8 Å². The number of carbonyl (C=O) groups is 2. The molecule has 2 amide bonds. The first-order chi connectivity index (χ1) is 13.3. The van der Waals surface area contributed by atoms with Crippen molar-refractivity contribution in [3.63, 3.8) is 0 Å². The minimum atomic E-state index is -3.50. The maximum Gasteiger partial charge on any atom is 0.242 e. The standard InChI is InChI=1S/C20H23N3O4S/c1-23(2)28(26,27)17-10-8-16(9-11-17)21-19(24)12-7-15-13-14-5-3-4-6-18(14)22-20(15)25/h3-6,8-11,15H,7,12-13H2,1-2H3,(H,21,24)(H,22,25). The number of benzene rings is 2. The molecule has 3 rings (SSSR count). The van der Waals surface area contributed by atoms with Crippen LogP contribution < -0.4 is 10.6 Å². The maximum absolute atomic E-state index is 12.2. The van der Waals surface area contributed by atoms with E-state index in [1.165, 1.54) is 26.2 Å². The van der Waals surface area contributed by atoms with Gasteiger partial charge in [-0.05, 0) is 48.7 Å². The highest BCUT2D eigenvalue weighted by Crippen LogP contribution is 2.27. The molecule has 0 bridgehead atoms. The van der Waals surface area contributed by atoms with E-state index in [4.69, 9.17) is 0 Å². The lowest BCUT2D eigenvalue weighted by atomic mass is 9.89. The summed E-state index contributed by atoms with van der Waals surface area (Å²) < 4.78 is 25.3. The average molecular weight is 401 g/mol. The third-order valence-electron chi connectivity index (χ3n) is 4.75. The van der Waals surface area contributed by atoms with E-state index in [-0.39, 0.29) is 29.0 Å². The van der Waals surface area contributed by atoms with Crippen molar-refractivity contribution >= 4 is 33.2 Å². The van der Waals surface area contributed by atoms with Crippen LogP contribution in [0.1, 0.15) is 18.4 Å². The predicted octanol–water partition coefficient (Wildman–Crippen LogP) is 2.47. The molecule has 0 aromatic heterocycles. The van der Waals surface area contributed by atoms with Crippen LogP contribution in [0.3, 0.4) is 0 Å². The minimum absolute atomic E-state index is 0.0651. The lowest BCUT2D eigenvalue weighted by molar-refractivity contribution is -0.121. The molecule has 0 saturated heterocycles. The van der Waals surface area contributed by atoms with E-state index < -0.39 is 10.0 Å². The van der Waals surface area contributed by atoms with Gasteiger partial charge in [0.15, 0.2) is 0 Å². The molecule has 0 aliphatic carbocycles. The molecule has 1 atom stereocenters. The molecule has 1 heterocycles. The Kier molecular flexibility index (Phi) is 5.81. The zero-order valence-electron chi connectivity index (χ0n) is 15.8. The third-order valence-corrected chi connectivity index (χ3v) is 6.58. The fraction of sp³-hybridized carbons (Fsp3) is 0.300. The molecule has 0 saturated carbocycles. The van der Waals surface area contributed by atoms with Crippen LogP contribution in [-0.2, 0) is 26.0 Å². The highest BCUT2D eigenvalue weighted by Gasteiger charge is 2.26. The van der Waals surface area contributed by atoms with Gasteiger partial charge in [-0.15, -0.1) is 0 Å². The number of hydrogen-bond acceptors (Lipinski definition) is 4. The van der Waals surface area contributed by atoms with Crippen molar-refractivity contribution in [3.05, 3.63) is 54.1 Å². The number of rotatable bonds is 6. The van der Waals surface area contributed by atoms with Gasteiger partial charge in [-0.25, -0.2) is 12.7 Å². The summed E-state index contributed by atoms with van der Waals surface area (Å²) in [4.78, 5) is 24.6. The fourth-order valence-corrected chi connectivity index (χ4v) is 4.00. The van der Waals surface area contributed by atoms with Gasteiger partial charge in [-0.3, -0.25) is 9.59 Å². The Morgan fingerprint density at radius 1 is 1.14 bits per heavy atom. The summed E-state index contributed by atoms with van der Waals surface area (Å²) in [6.45, 7) is 0. The first kappa shape index (κ1) is 20.0. The van der Waals surface area contributed by atoms with Crippen LogP contribution in [0.25, 0.3) is 0 Å². The molecule has 0 radical (unpaired) electrons. The molecule has 0 fully saturated rings. The Morgan fingerprint density at radius 3 is 2.50 bits per heavy atom. The van der Waals surface area contributed by atoms with Gasteiger partial charge in [-0.1, -0.05) is 18.2 Å². The van der Waals surface area contributed by atoms with Crippen molar-refractivity contribution < 1.29 is 18.0 Å². The van der Waals surface area contributed by atoms with E-state index >= 15 is 0 Å². The number of nitrogens with one attached hydrogen (secondary N) is 2. The van der Waals surface area contributed by atoms with Gasteiger partial charge in [0.05, 0.1) is 4.90 Å². The van der Waals surface area contributed by atoms with Crippen molar-refractivity contribution in [2.24, 2.45) is 5.92 Å². The summed E-state index contributed by atoms with van der Waals surface area (Å²) in [7, 11) is -0.575. The van der Waals surface area contributed by atoms with Crippen molar-refractivity contribution in [2.45, 2.75) is 24.2 Å². The van der Waals surface area contributed by atoms with Gasteiger partial charge in [-0.2, -0.15) is 0 Å². The van der Waals surface area contributed by atoms with Crippen LogP contribution in [0.2, 0.25) is 0 Å². The second-order valence-electron chi connectivity index (χ2n) is 6.95. The first-order valence-corrected chi connectivity index (χ1v) is 10.4. The molecule has 2 N–H and O–H groups in total. The van der Waals surface area contributed by atoms with Crippen molar-refractivity contribution in [2.75, 3.05) is 24.7 Å². The summed E-state index contributed by atoms with van der Waals surface area (Å²) in [5, 5.41) is 5.63. The van der Waals surface area contributed by atoms with E-state index in [1.54, 1.807) is 12.1 Å². The molecule has 2 aromatic carbocycles. The summed E-state index contributed by atoms with van der Waals surface area (Å²) >= 11 is 0. The molecule has 0 spiro atoms.